The van der Waals surface area contributed by atoms with E-state index in [0.717, 1.165) is 0 Å². The van der Waals surface area contributed by atoms with Gasteiger partial charge in [-0.3, -0.25) is 4.90 Å². The molecule has 1 unspecified atom stereocenters. The second-order valence-electron chi connectivity index (χ2n) is 3.39. The van der Waals surface area contributed by atoms with E-state index in [1.807, 2.05) is 0 Å². The van der Waals surface area contributed by atoms with E-state index in [-0.39, 0.29) is 19.0 Å². The summed E-state index contributed by atoms with van der Waals surface area (Å²) in [6, 6.07) is -1.55. The van der Waals surface area contributed by atoms with E-state index in [2.05, 4.69) is 0 Å². The Labute approximate surface area is 76.9 Å². The van der Waals surface area contributed by atoms with Crippen LogP contribution >= 0.6 is 0 Å². The number of rotatable bonds is 4. The summed E-state index contributed by atoms with van der Waals surface area (Å²) in [5.74, 6) is 0. The molecular weight excluding hydrogens is 181 g/mol. The van der Waals surface area contributed by atoms with Crippen molar-refractivity contribution in [2.24, 2.45) is 5.73 Å². The zero-order valence-electron chi connectivity index (χ0n) is 8.23. The van der Waals surface area contributed by atoms with Gasteiger partial charge in [-0.15, -0.1) is 0 Å². The van der Waals surface area contributed by atoms with Gasteiger partial charge in [-0.05, 0) is 33.9 Å². The SMILES string of the molecule is CC(C)N(C)C(CCN)C(F)(F)F. The summed E-state index contributed by atoms with van der Waals surface area (Å²) in [6.45, 7) is 3.52. The van der Waals surface area contributed by atoms with E-state index in [1.165, 1.54) is 11.9 Å². The fourth-order valence-electron chi connectivity index (χ4n) is 1.12. The van der Waals surface area contributed by atoms with Crippen molar-refractivity contribution in [2.45, 2.75) is 38.5 Å². The summed E-state index contributed by atoms with van der Waals surface area (Å²) in [7, 11) is 1.47. The summed E-state index contributed by atoms with van der Waals surface area (Å²) >= 11 is 0. The van der Waals surface area contributed by atoms with Gasteiger partial charge in [-0.2, -0.15) is 13.2 Å². The molecular formula is C8H17F3N2. The summed E-state index contributed by atoms with van der Waals surface area (Å²) < 4.78 is 37.3. The van der Waals surface area contributed by atoms with Gasteiger partial charge in [0.15, 0.2) is 0 Å². The number of hydrogen-bond donors (Lipinski definition) is 1. The second kappa shape index (κ2) is 4.81. The van der Waals surface area contributed by atoms with Gasteiger partial charge in [0.2, 0.25) is 0 Å². The average Bonchev–Trinajstić information content (AvgIpc) is 1.96. The summed E-state index contributed by atoms with van der Waals surface area (Å²) in [4.78, 5) is 1.30. The van der Waals surface area contributed by atoms with Crippen molar-refractivity contribution in [1.29, 1.82) is 0 Å². The first-order valence-corrected chi connectivity index (χ1v) is 4.29. The number of hydrogen-bond acceptors (Lipinski definition) is 2. The molecule has 0 saturated carbocycles. The lowest BCUT2D eigenvalue weighted by Gasteiger charge is -2.32. The molecule has 0 aliphatic carbocycles. The first-order valence-electron chi connectivity index (χ1n) is 4.29. The molecule has 0 rings (SSSR count). The number of halogens is 3. The van der Waals surface area contributed by atoms with Gasteiger partial charge in [-0.1, -0.05) is 0 Å². The van der Waals surface area contributed by atoms with Crippen LogP contribution in [0.15, 0.2) is 0 Å². The van der Waals surface area contributed by atoms with Crippen molar-refractivity contribution in [3.8, 4) is 0 Å². The van der Waals surface area contributed by atoms with Crippen molar-refractivity contribution < 1.29 is 13.2 Å². The van der Waals surface area contributed by atoms with Crippen LogP contribution in [0.25, 0.3) is 0 Å². The van der Waals surface area contributed by atoms with Crippen molar-refractivity contribution in [2.75, 3.05) is 13.6 Å². The van der Waals surface area contributed by atoms with Gasteiger partial charge in [0.05, 0.1) is 0 Å². The molecule has 0 aliphatic heterocycles. The van der Waals surface area contributed by atoms with Gasteiger partial charge in [0.1, 0.15) is 6.04 Å². The van der Waals surface area contributed by atoms with Crippen LogP contribution < -0.4 is 5.73 Å². The maximum Gasteiger partial charge on any atom is 0.404 e. The molecule has 0 radical (unpaired) electrons. The Hall–Kier alpha value is -0.290. The highest BCUT2D eigenvalue weighted by Crippen LogP contribution is 2.27. The maximum absolute atomic E-state index is 12.4. The highest BCUT2D eigenvalue weighted by Gasteiger charge is 2.42. The number of alkyl halides is 3. The molecule has 0 fully saturated rings. The Bertz CT molecular complexity index is 145. The van der Waals surface area contributed by atoms with Gasteiger partial charge >= 0.3 is 6.18 Å². The molecule has 5 heteroatoms. The predicted octanol–water partition coefficient (Wildman–Crippen LogP) is 1.61. The summed E-state index contributed by atoms with van der Waals surface area (Å²) in [5, 5.41) is 0. The van der Waals surface area contributed by atoms with Crippen molar-refractivity contribution in [1.82, 2.24) is 4.90 Å². The molecule has 0 amide bonds. The third-order valence-corrected chi connectivity index (χ3v) is 2.12. The molecule has 1 atom stereocenters. The van der Waals surface area contributed by atoms with Crippen LogP contribution in [-0.4, -0.2) is 36.8 Å². The van der Waals surface area contributed by atoms with Crippen LogP contribution in [0.1, 0.15) is 20.3 Å². The van der Waals surface area contributed by atoms with Crippen molar-refractivity contribution in [3.63, 3.8) is 0 Å². The standard InChI is InChI=1S/C8H17F3N2/c1-6(2)13(3)7(4-5-12)8(9,10)11/h6-7H,4-5,12H2,1-3H3. The third-order valence-electron chi connectivity index (χ3n) is 2.12. The second-order valence-corrected chi connectivity index (χ2v) is 3.39. The van der Waals surface area contributed by atoms with Gasteiger partial charge < -0.3 is 5.73 Å². The molecule has 0 aromatic carbocycles. The van der Waals surface area contributed by atoms with E-state index in [1.54, 1.807) is 13.8 Å². The molecule has 2 nitrogen and oxygen atoms in total. The zero-order valence-corrected chi connectivity index (χ0v) is 8.23. The molecule has 13 heavy (non-hydrogen) atoms. The lowest BCUT2D eigenvalue weighted by atomic mass is 10.1. The third kappa shape index (κ3) is 3.95. The zero-order chi connectivity index (χ0) is 10.6. The first-order chi connectivity index (χ1) is 5.80. The van der Waals surface area contributed by atoms with Gasteiger partial charge in [0, 0.05) is 6.04 Å². The molecule has 0 saturated heterocycles. The van der Waals surface area contributed by atoms with Crippen LogP contribution in [0.5, 0.6) is 0 Å². The van der Waals surface area contributed by atoms with Crippen LogP contribution in [0.3, 0.4) is 0 Å². The van der Waals surface area contributed by atoms with E-state index >= 15 is 0 Å². The lowest BCUT2D eigenvalue weighted by molar-refractivity contribution is -0.185. The minimum absolute atomic E-state index is 0.0435. The van der Waals surface area contributed by atoms with Gasteiger partial charge in [-0.25, -0.2) is 0 Å². The lowest BCUT2D eigenvalue weighted by Crippen LogP contribution is -2.47. The maximum atomic E-state index is 12.4. The fraction of sp³-hybridized carbons (Fsp3) is 1.00. The fourth-order valence-corrected chi connectivity index (χ4v) is 1.12. The van der Waals surface area contributed by atoms with Crippen molar-refractivity contribution >= 4 is 0 Å². The molecule has 0 heterocycles. The minimum Gasteiger partial charge on any atom is -0.330 e. The predicted molar refractivity (Wildman–Crippen MR) is 46.4 cm³/mol. The molecule has 0 aliphatic rings. The minimum atomic E-state index is -4.18. The smallest absolute Gasteiger partial charge is 0.330 e. The number of nitrogens with zero attached hydrogens (tertiary/aromatic N) is 1. The van der Waals surface area contributed by atoms with E-state index in [4.69, 9.17) is 5.73 Å². The summed E-state index contributed by atoms with van der Waals surface area (Å²) in [6.07, 6.45) is -4.23. The van der Waals surface area contributed by atoms with Gasteiger partial charge in [0.25, 0.3) is 0 Å². The van der Waals surface area contributed by atoms with Crippen LogP contribution in [-0.2, 0) is 0 Å². The molecule has 0 aromatic heterocycles. The molecule has 80 valence electrons. The topological polar surface area (TPSA) is 29.3 Å². The Morgan fingerprint density at radius 3 is 2.00 bits per heavy atom. The normalized spacial score (nSPS) is 15.5. The molecule has 2 N–H and O–H groups in total. The monoisotopic (exact) mass is 198 g/mol. The Kier molecular flexibility index (Phi) is 4.70. The molecule has 0 bridgehead atoms. The highest BCUT2D eigenvalue weighted by molar-refractivity contribution is 4.78. The summed E-state index contributed by atoms with van der Waals surface area (Å²) in [5.41, 5.74) is 5.14. The largest absolute Gasteiger partial charge is 0.404 e. The quantitative estimate of drug-likeness (QED) is 0.743. The highest BCUT2D eigenvalue weighted by atomic mass is 19.4. The molecule has 0 aromatic rings. The van der Waals surface area contributed by atoms with Crippen LogP contribution in [0.2, 0.25) is 0 Å². The Balaban J connectivity index is 4.41. The number of nitrogens with two attached hydrogens (primary N) is 1. The average molecular weight is 198 g/mol. The van der Waals surface area contributed by atoms with Crippen LogP contribution in [0, 0.1) is 0 Å². The van der Waals surface area contributed by atoms with Crippen molar-refractivity contribution in [3.05, 3.63) is 0 Å². The molecule has 0 spiro atoms. The van der Waals surface area contributed by atoms with E-state index in [0.29, 0.717) is 0 Å². The van der Waals surface area contributed by atoms with E-state index in [9.17, 15) is 13.2 Å². The van der Waals surface area contributed by atoms with Crippen LogP contribution in [0.4, 0.5) is 13.2 Å². The van der Waals surface area contributed by atoms with E-state index < -0.39 is 12.2 Å². The first kappa shape index (κ1) is 12.7. The Morgan fingerprint density at radius 2 is 1.77 bits per heavy atom. The Morgan fingerprint density at radius 1 is 1.31 bits per heavy atom.